The summed E-state index contributed by atoms with van der Waals surface area (Å²) in [6, 6.07) is 0. The van der Waals surface area contributed by atoms with Gasteiger partial charge < -0.3 is 14.2 Å². The number of carbonyl (C=O) groups excluding carboxylic acids is 3. The molecule has 0 spiro atoms. The molecule has 0 aliphatic rings. The molecule has 0 aliphatic heterocycles. The van der Waals surface area contributed by atoms with Crippen molar-refractivity contribution in [2.75, 3.05) is 13.2 Å². The number of hydrogen-bond donors (Lipinski definition) is 0. The number of rotatable bonds is 50. The minimum absolute atomic E-state index is 0.0617. The van der Waals surface area contributed by atoms with Crippen LogP contribution in [0.3, 0.4) is 0 Å². The van der Waals surface area contributed by atoms with Gasteiger partial charge in [-0.05, 0) is 19.3 Å². The molecule has 60 heavy (non-hydrogen) atoms. The Morgan fingerprint density at radius 1 is 0.267 bits per heavy atom. The monoisotopic (exact) mass is 849 g/mol. The van der Waals surface area contributed by atoms with Crippen LogP contribution in [-0.4, -0.2) is 37.2 Å². The molecule has 0 aromatic carbocycles. The van der Waals surface area contributed by atoms with Crippen molar-refractivity contribution in [3.63, 3.8) is 0 Å². The third-order valence-electron chi connectivity index (χ3n) is 12.4. The van der Waals surface area contributed by atoms with Gasteiger partial charge in [-0.15, -0.1) is 0 Å². The summed E-state index contributed by atoms with van der Waals surface area (Å²) in [6.07, 6.45) is 53.8. The highest BCUT2D eigenvalue weighted by molar-refractivity contribution is 5.71. The van der Waals surface area contributed by atoms with Gasteiger partial charge in [0, 0.05) is 19.3 Å². The van der Waals surface area contributed by atoms with Crippen molar-refractivity contribution < 1.29 is 28.6 Å². The van der Waals surface area contributed by atoms with Gasteiger partial charge in [0.25, 0.3) is 0 Å². The second-order valence-electron chi connectivity index (χ2n) is 18.5. The zero-order valence-electron chi connectivity index (χ0n) is 40.8. The van der Waals surface area contributed by atoms with Crippen LogP contribution in [0.4, 0.5) is 0 Å². The summed E-state index contributed by atoms with van der Waals surface area (Å²) >= 11 is 0. The van der Waals surface area contributed by atoms with Crippen molar-refractivity contribution >= 4 is 17.9 Å². The van der Waals surface area contributed by atoms with Gasteiger partial charge in [-0.2, -0.15) is 0 Å². The Balaban J connectivity index is 4.22. The minimum atomic E-state index is -0.759. The number of hydrogen-bond acceptors (Lipinski definition) is 6. The van der Waals surface area contributed by atoms with Crippen LogP contribution in [0.15, 0.2) is 0 Å². The standard InChI is InChI=1S/C54H104O6/c1-4-7-10-13-16-19-22-24-25-26-27-28-29-31-32-35-38-41-44-47-53(56)59-50-51(49-58-52(55)46-43-40-37-34-21-18-15-12-9-6-3)60-54(57)48-45-42-39-36-33-30-23-20-17-14-11-8-5-2/h51H,4-50H2,1-3H3. The summed E-state index contributed by atoms with van der Waals surface area (Å²) in [7, 11) is 0. The molecule has 0 amide bonds. The highest BCUT2D eigenvalue weighted by Gasteiger charge is 2.19. The third-order valence-corrected chi connectivity index (χ3v) is 12.4. The first-order valence-electron chi connectivity index (χ1n) is 27.0. The van der Waals surface area contributed by atoms with E-state index in [0.717, 1.165) is 57.8 Å². The lowest BCUT2D eigenvalue weighted by Crippen LogP contribution is -2.30. The minimum Gasteiger partial charge on any atom is -0.462 e. The van der Waals surface area contributed by atoms with E-state index >= 15 is 0 Å². The molecular weight excluding hydrogens is 745 g/mol. The first-order valence-corrected chi connectivity index (χ1v) is 27.0. The summed E-state index contributed by atoms with van der Waals surface area (Å²) in [5, 5.41) is 0. The molecule has 6 nitrogen and oxygen atoms in total. The fraction of sp³-hybridized carbons (Fsp3) is 0.944. The molecule has 0 fully saturated rings. The number of carbonyl (C=O) groups is 3. The highest BCUT2D eigenvalue weighted by atomic mass is 16.6. The molecule has 356 valence electrons. The van der Waals surface area contributed by atoms with Gasteiger partial charge in [0.05, 0.1) is 0 Å². The van der Waals surface area contributed by atoms with Crippen molar-refractivity contribution in [1.82, 2.24) is 0 Å². The van der Waals surface area contributed by atoms with Crippen LogP contribution >= 0.6 is 0 Å². The van der Waals surface area contributed by atoms with E-state index in [1.165, 1.54) is 212 Å². The Hall–Kier alpha value is -1.59. The van der Waals surface area contributed by atoms with E-state index in [2.05, 4.69) is 20.8 Å². The predicted molar refractivity (Wildman–Crippen MR) is 257 cm³/mol. The van der Waals surface area contributed by atoms with Crippen molar-refractivity contribution in [2.45, 2.75) is 316 Å². The van der Waals surface area contributed by atoms with Crippen molar-refractivity contribution in [3.05, 3.63) is 0 Å². The molecule has 0 rings (SSSR count). The zero-order valence-corrected chi connectivity index (χ0v) is 40.8. The molecule has 0 saturated heterocycles. The normalized spacial score (nSPS) is 11.8. The Bertz CT molecular complexity index is 889. The Labute approximate surface area is 374 Å². The second kappa shape index (κ2) is 50.1. The molecule has 0 bridgehead atoms. The van der Waals surface area contributed by atoms with Crippen LogP contribution in [0.1, 0.15) is 310 Å². The fourth-order valence-corrected chi connectivity index (χ4v) is 8.27. The maximum absolute atomic E-state index is 12.8. The quantitative estimate of drug-likeness (QED) is 0.0345. The first-order chi connectivity index (χ1) is 29.5. The van der Waals surface area contributed by atoms with E-state index in [1.807, 2.05) is 0 Å². The van der Waals surface area contributed by atoms with E-state index in [1.54, 1.807) is 0 Å². The summed E-state index contributed by atoms with van der Waals surface area (Å²) in [6.45, 7) is 6.68. The van der Waals surface area contributed by atoms with Crippen LogP contribution in [-0.2, 0) is 28.6 Å². The van der Waals surface area contributed by atoms with E-state index < -0.39 is 6.10 Å². The van der Waals surface area contributed by atoms with E-state index in [0.29, 0.717) is 19.3 Å². The van der Waals surface area contributed by atoms with E-state index in [-0.39, 0.29) is 31.1 Å². The summed E-state index contributed by atoms with van der Waals surface area (Å²) < 4.78 is 16.8. The lowest BCUT2D eigenvalue weighted by molar-refractivity contribution is -0.167. The topological polar surface area (TPSA) is 78.9 Å². The molecule has 0 saturated carbocycles. The highest BCUT2D eigenvalue weighted by Crippen LogP contribution is 2.17. The van der Waals surface area contributed by atoms with Gasteiger partial charge in [-0.25, -0.2) is 0 Å². The maximum atomic E-state index is 12.8. The number of unbranched alkanes of at least 4 members (excludes halogenated alkanes) is 39. The largest absolute Gasteiger partial charge is 0.462 e. The summed E-state index contributed by atoms with van der Waals surface area (Å²) in [5.74, 6) is -0.840. The molecule has 0 aliphatic carbocycles. The van der Waals surface area contributed by atoms with Crippen LogP contribution in [0.2, 0.25) is 0 Å². The molecule has 6 heteroatoms. The van der Waals surface area contributed by atoms with Crippen molar-refractivity contribution in [1.29, 1.82) is 0 Å². The number of ether oxygens (including phenoxy) is 3. The fourth-order valence-electron chi connectivity index (χ4n) is 8.27. The molecule has 1 atom stereocenters. The van der Waals surface area contributed by atoms with Crippen LogP contribution in [0.5, 0.6) is 0 Å². The van der Waals surface area contributed by atoms with E-state index in [9.17, 15) is 14.4 Å². The average Bonchev–Trinajstić information content (AvgIpc) is 3.24. The van der Waals surface area contributed by atoms with Gasteiger partial charge in [-0.3, -0.25) is 14.4 Å². The maximum Gasteiger partial charge on any atom is 0.306 e. The lowest BCUT2D eigenvalue weighted by atomic mass is 10.0. The van der Waals surface area contributed by atoms with Gasteiger partial charge in [0.15, 0.2) is 6.10 Å². The summed E-state index contributed by atoms with van der Waals surface area (Å²) in [4.78, 5) is 37.9. The van der Waals surface area contributed by atoms with Gasteiger partial charge in [-0.1, -0.05) is 271 Å². The van der Waals surface area contributed by atoms with Crippen molar-refractivity contribution in [3.8, 4) is 0 Å². The predicted octanol–water partition coefficient (Wildman–Crippen LogP) is 17.6. The molecule has 0 N–H and O–H groups in total. The summed E-state index contributed by atoms with van der Waals surface area (Å²) in [5.41, 5.74) is 0. The molecular formula is C54H104O6. The molecule has 0 aromatic rings. The number of esters is 3. The van der Waals surface area contributed by atoms with Gasteiger partial charge in [0.2, 0.25) is 0 Å². The Morgan fingerprint density at radius 3 is 0.667 bits per heavy atom. The average molecular weight is 849 g/mol. The van der Waals surface area contributed by atoms with Gasteiger partial charge in [0.1, 0.15) is 13.2 Å². The van der Waals surface area contributed by atoms with E-state index in [4.69, 9.17) is 14.2 Å². The third kappa shape index (κ3) is 47.5. The van der Waals surface area contributed by atoms with Gasteiger partial charge >= 0.3 is 17.9 Å². The molecule has 0 heterocycles. The zero-order chi connectivity index (χ0) is 43.7. The smallest absolute Gasteiger partial charge is 0.306 e. The van der Waals surface area contributed by atoms with Crippen LogP contribution in [0, 0.1) is 0 Å². The van der Waals surface area contributed by atoms with Crippen molar-refractivity contribution in [2.24, 2.45) is 0 Å². The molecule has 0 radical (unpaired) electrons. The second-order valence-corrected chi connectivity index (χ2v) is 18.5. The first kappa shape index (κ1) is 58.4. The SMILES string of the molecule is CCCCCCCCCCCCCCCCCCCCCC(=O)OCC(COC(=O)CCCCCCCCCCCC)OC(=O)CCCCCCCCCCCCCCC. The molecule has 1 unspecified atom stereocenters. The Kier molecular flexibility index (Phi) is 48.7. The molecule has 0 aromatic heterocycles. The van der Waals surface area contributed by atoms with Crippen LogP contribution in [0.25, 0.3) is 0 Å². The Morgan fingerprint density at radius 2 is 0.450 bits per heavy atom. The lowest BCUT2D eigenvalue weighted by Gasteiger charge is -2.18. The van der Waals surface area contributed by atoms with Crippen LogP contribution < -0.4 is 0 Å².